The molecule has 1 unspecified atom stereocenters. The van der Waals surface area contributed by atoms with Crippen molar-refractivity contribution in [3.05, 3.63) is 71.8 Å². The van der Waals surface area contributed by atoms with E-state index in [1.165, 1.54) is 31.5 Å². The summed E-state index contributed by atoms with van der Waals surface area (Å²) >= 11 is 2.36. The predicted octanol–water partition coefficient (Wildman–Crippen LogP) is 6.66. The van der Waals surface area contributed by atoms with Gasteiger partial charge in [0.05, 0.1) is 19.9 Å². The highest BCUT2D eigenvalue weighted by Crippen LogP contribution is 2.11. The number of unbranched alkanes of at least 4 members (excludes halogenated alkanes) is 4. The van der Waals surface area contributed by atoms with Crippen LogP contribution in [0, 0.1) is 24.7 Å². The van der Waals surface area contributed by atoms with Gasteiger partial charge in [-0.05, 0) is 30.1 Å². The van der Waals surface area contributed by atoms with Crippen LogP contribution in [0.1, 0.15) is 63.5 Å². The number of carbonyl (C=O) groups excluding carboxylic acids is 2. The number of hydrogen-bond donors (Lipinski definition) is 1. The monoisotopic (exact) mass is 682 g/mol. The van der Waals surface area contributed by atoms with Crippen molar-refractivity contribution in [1.82, 2.24) is 0 Å². The molecule has 2 rings (SSSR count). The van der Waals surface area contributed by atoms with Crippen molar-refractivity contribution in [2.45, 2.75) is 58.4 Å². The number of hydrogen-bond acceptors (Lipinski definition) is 6. The Morgan fingerprint density at radius 1 is 0.875 bits per heavy atom. The van der Waals surface area contributed by atoms with Crippen LogP contribution in [0.5, 0.6) is 0 Å². The normalized spacial score (nSPS) is 9.55. The summed E-state index contributed by atoms with van der Waals surface area (Å²) in [5, 5.41) is 0. The van der Waals surface area contributed by atoms with Crippen LogP contribution in [-0.4, -0.2) is 48.9 Å². The Morgan fingerprint density at radius 2 is 1.35 bits per heavy atom. The number of nitrogens with two attached hydrogens (primary N) is 1. The molecule has 220 valence electrons. The SMILES string of the molecule is C.C#CCCCCC(N)C(=O)OC.C#CCCCCI.COC(=O)CN=C(c1ccccc1)c1ccccc1.Cl. The van der Waals surface area contributed by atoms with Gasteiger partial charge in [-0.1, -0.05) is 97.1 Å². The molecule has 0 fully saturated rings. The zero-order valence-electron chi connectivity index (χ0n) is 22.8. The minimum Gasteiger partial charge on any atom is -0.468 e. The van der Waals surface area contributed by atoms with Gasteiger partial charge < -0.3 is 15.2 Å². The maximum absolute atomic E-state index is 11.2. The summed E-state index contributed by atoms with van der Waals surface area (Å²) in [4.78, 5) is 26.4. The van der Waals surface area contributed by atoms with Gasteiger partial charge in [0.1, 0.15) is 12.6 Å². The number of terminal acetylenes is 2. The Kier molecular flexibility index (Phi) is 30.3. The Balaban J connectivity index is -0.000000565. The number of aliphatic imine (C=N–C) groups is 1. The third kappa shape index (κ3) is 21.0. The topological polar surface area (TPSA) is 91.0 Å². The third-order valence-electron chi connectivity index (χ3n) is 4.98. The molecule has 0 heterocycles. The molecule has 0 aliphatic carbocycles. The van der Waals surface area contributed by atoms with Crippen LogP contribution in [0.15, 0.2) is 65.7 Å². The van der Waals surface area contributed by atoms with Crippen molar-refractivity contribution in [3.8, 4) is 24.7 Å². The summed E-state index contributed by atoms with van der Waals surface area (Å²) < 4.78 is 10.3. The van der Waals surface area contributed by atoms with E-state index in [4.69, 9.17) is 18.6 Å². The number of rotatable bonds is 12. The van der Waals surface area contributed by atoms with Crippen molar-refractivity contribution >= 4 is 52.6 Å². The van der Waals surface area contributed by atoms with E-state index in [0.29, 0.717) is 6.42 Å². The lowest BCUT2D eigenvalue weighted by atomic mass is 10.0. The molecule has 0 aliphatic rings. The van der Waals surface area contributed by atoms with E-state index in [1.54, 1.807) is 0 Å². The van der Waals surface area contributed by atoms with E-state index in [-0.39, 0.29) is 38.3 Å². The first-order valence-corrected chi connectivity index (χ1v) is 14.0. The van der Waals surface area contributed by atoms with Crippen LogP contribution >= 0.6 is 35.0 Å². The average Bonchev–Trinajstić information content (AvgIpc) is 2.97. The van der Waals surface area contributed by atoms with Gasteiger partial charge in [-0.25, -0.2) is 0 Å². The maximum Gasteiger partial charge on any atom is 0.327 e. The second-order valence-electron chi connectivity index (χ2n) is 7.90. The molecule has 0 amide bonds. The molecule has 1 atom stereocenters. The number of ether oxygens (including phenoxy) is 2. The van der Waals surface area contributed by atoms with E-state index >= 15 is 0 Å². The van der Waals surface area contributed by atoms with Gasteiger partial charge in [0.2, 0.25) is 0 Å². The fraction of sp³-hybridized carbons (Fsp3) is 0.406. The molecule has 0 aliphatic heterocycles. The lowest BCUT2D eigenvalue weighted by Gasteiger charge is -2.07. The van der Waals surface area contributed by atoms with Crippen LogP contribution in [-0.2, 0) is 19.1 Å². The van der Waals surface area contributed by atoms with Crippen molar-refractivity contribution in [3.63, 3.8) is 0 Å². The third-order valence-corrected chi connectivity index (χ3v) is 5.75. The van der Waals surface area contributed by atoms with E-state index in [1.807, 2.05) is 60.7 Å². The first kappa shape index (κ1) is 41.6. The van der Waals surface area contributed by atoms with Crippen molar-refractivity contribution in [1.29, 1.82) is 0 Å². The molecule has 0 bridgehead atoms. The highest BCUT2D eigenvalue weighted by molar-refractivity contribution is 14.1. The summed E-state index contributed by atoms with van der Waals surface area (Å²) in [6, 6.07) is 19.1. The fourth-order valence-corrected chi connectivity index (χ4v) is 3.47. The van der Waals surface area contributed by atoms with Crippen LogP contribution in [0.25, 0.3) is 0 Å². The summed E-state index contributed by atoms with van der Waals surface area (Å²) in [6.07, 6.45) is 16.7. The Morgan fingerprint density at radius 3 is 1.75 bits per heavy atom. The van der Waals surface area contributed by atoms with Crippen LogP contribution in [0.3, 0.4) is 0 Å². The molecule has 0 spiro atoms. The van der Waals surface area contributed by atoms with Crippen molar-refractivity contribution in [2.75, 3.05) is 25.2 Å². The molecule has 0 aromatic heterocycles. The van der Waals surface area contributed by atoms with Gasteiger partial charge in [-0.2, -0.15) is 0 Å². The van der Waals surface area contributed by atoms with E-state index < -0.39 is 6.04 Å². The quantitative estimate of drug-likeness (QED) is 0.0676. The molecule has 6 nitrogen and oxygen atoms in total. The molecule has 0 saturated heterocycles. The molecule has 2 aromatic carbocycles. The van der Waals surface area contributed by atoms with Crippen molar-refractivity contribution in [2.24, 2.45) is 10.7 Å². The first-order valence-electron chi connectivity index (χ1n) is 12.4. The van der Waals surface area contributed by atoms with E-state index in [9.17, 15) is 9.59 Å². The van der Waals surface area contributed by atoms with Gasteiger partial charge in [-0.3, -0.25) is 14.6 Å². The Hall–Kier alpha value is -2.85. The van der Waals surface area contributed by atoms with Crippen LogP contribution < -0.4 is 5.73 Å². The lowest BCUT2D eigenvalue weighted by molar-refractivity contribution is -0.142. The van der Waals surface area contributed by atoms with E-state index in [0.717, 1.165) is 42.5 Å². The number of esters is 2. The molecular formula is C32H44ClIN2O4. The second-order valence-corrected chi connectivity index (χ2v) is 8.98. The van der Waals surface area contributed by atoms with Gasteiger partial charge in [0, 0.05) is 24.0 Å². The number of carbonyl (C=O) groups is 2. The molecular weight excluding hydrogens is 639 g/mol. The predicted molar refractivity (Wildman–Crippen MR) is 178 cm³/mol. The molecule has 8 heteroatoms. The minimum absolute atomic E-state index is 0. The smallest absolute Gasteiger partial charge is 0.327 e. The highest BCUT2D eigenvalue weighted by Gasteiger charge is 2.12. The van der Waals surface area contributed by atoms with Crippen LogP contribution in [0.4, 0.5) is 0 Å². The van der Waals surface area contributed by atoms with Gasteiger partial charge in [-0.15, -0.1) is 37.1 Å². The Bertz CT molecular complexity index is 977. The number of halogens is 2. The fourth-order valence-electron chi connectivity index (χ4n) is 2.93. The first-order chi connectivity index (χ1) is 18.4. The largest absolute Gasteiger partial charge is 0.468 e. The van der Waals surface area contributed by atoms with Gasteiger partial charge >= 0.3 is 11.9 Å². The Labute approximate surface area is 261 Å². The minimum atomic E-state index is -0.493. The molecule has 0 saturated carbocycles. The molecule has 2 aromatic rings. The maximum atomic E-state index is 11.2. The molecule has 2 N–H and O–H groups in total. The number of methoxy groups -OCH3 is 2. The van der Waals surface area contributed by atoms with Crippen LogP contribution in [0.2, 0.25) is 0 Å². The molecule has 40 heavy (non-hydrogen) atoms. The average molecular weight is 683 g/mol. The lowest BCUT2D eigenvalue weighted by Crippen LogP contribution is -2.31. The van der Waals surface area contributed by atoms with Gasteiger partial charge in [0.15, 0.2) is 0 Å². The molecule has 0 radical (unpaired) electrons. The summed E-state index contributed by atoms with van der Waals surface area (Å²) in [7, 11) is 2.70. The zero-order chi connectivity index (χ0) is 28.4. The summed E-state index contributed by atoms with van der Waals surface area (Å²) in [5.41, 5.74) is 8.25. The highest BCUT2D eigenvalue weighted by atomic mass is 127. The number of benzene rings is 2. The van der Waals surface area contributed by atoms with Gasteiger partial charge in [0.25, 0.3) is 0 Å². The number of alkyl halides is 1. The number of nitrogens with zero attached hydrogens (tertiary/aromatic N) is 1. The van der Waals surface area contributed by atoms with E-state index in [2.05, 4.69) is 48.9 Å². The van der Waals surface area contributed by atoms with Crippen molar-refractivity contribution < 1.29 is 19.1 Å². The summed E-state index contributed by atoms with van der Waals surface area (Å²) in [6.45, 7) is 0.0234. The standard InChI is InChI=1S/C16H15NO2.C9H15NO2.C6H9I.CH4.ClH/c1-19-15(18)12-17-16(13-8-4-2-5-9-13)14-10-6-3-7-11-14;1-3-4-5-6-7-8(10)9(11)12-2;1-2-3-4-5-6-7;;/h2-11H,12H2,1H3;1,8H,4-7,10H2,2H3;1H,3-6H2;1H4;1H. The second kappa shape index (κ2) is 29.1. The zero-order valence-corrected chi connectivity index (χ0v) is 25.8. The summed E-state index contributed by atoms with van der Waals surface area (Å²) in [5.74, 6) is 4.43.